The molecular weight excluding hydrogens is 302 g/mol. The summed E-state index contributed by atoms with van der Waals surface area (Å²) in [6.45, 7) is 0. The van der Waals surface area contributed by atoms with Crippen LogP contribution in [0.2, 0.25) is 5.02 Å². The smallest absolute Gasteiger partial charge is 0.138 e. The maximum absolute atomic E-state index is 9.80. The van der Waals surface area contributed by atoms with Gasteiger partial charge >= 0.3 is 0 Å². The van der Waals surface area contributed by atoms with Gasteiger partial charge in [-0.1, -0.05) is 29.8 Å². The van der Waals surface area contributed by atoms with Crippen LogP contribution in [0.25, 0.3) is 0 Å². The Balaban J connectivity index is 2.33. The van der Waals surface area contributed by atoms with Gasteiger partial charge in [0.15, 0.2) is 0 Å². The maximum atomic E-state index is 9.80. The molecule has 86 valence electrons. The topological polar surface area (TPSA) is 32.6 Å². The highest BCUT2D eigenvalue weighted by atomic mass is 79.9. The highest BCUT2D eigenvalue weighted by Crippen LogP contribution is 2.30. The van der Waals surface area contributed by atoms with E-state index in [-0.39, 0.29) is 5.75 Å². The molecule has 4 heteroatoms. The van der Waals surface area contributed by atoms with E-state index in [0.29, 0.717) is 15.1 Å². The Morgan fingerprint density at radius 2 is 1.88 bits per heavy atom. The van der Waals surface area contributed by atoms with Gasteiger partial charge in [-0.25, -0.2) is 0 Å². The van der Waals surface area contributed by atoms with E-state index in [1.807, 2.05) is 30.3 Å². The minimum Gasteiger partial charge on any atom is -0.506 e. The first kappa shape index (κ1) is 12.1. The van der Waals surface area contributed by atoms with Gasteiger partial charge in [-0.2, -0.15) is 0 Å². The van der Waals surface area contributed by atoms with Crippen molar-refractivity contribution in [1.82, 2.24) is 0 Å². The van der Waals surface area contributed by atoms with Gasteiger partial charge in [0.1, 0.15) is 5.75 Å². The molecule has 0 aromatic heterocycles. The third kappa shape index (κ3) is 3.08. The van der Waals surface area contributed by atoms with Crippen LogP contribution in [0.1, 0.15) is 5.56 Å². The van der Waals surface area contributed by atoms with Gasteiger partial charge in [0.05, 0.1) is 10.2 Å². The molecule has 2 rings (SSSR count). The number of aromatic hydroxyl groups is 1. The number of phenolic OH excluding ortho intramolecular Hbond substituents is 1. The molecule has 0 aliphatic heterocycles. The molecule has 0 aliphatic carbocycles. The van der Waals surface area contributed by atoms with Crippen molar-refractivity contribution in [3.8, 4) is 5.75 Å². The van der Waals surface area contributed by atoms with E-state index in [2.05, 4.69) is 20.9 Å². The second-order valence-electron chi connectivity index (χ2n) is 3.42. The van der Waals surface area contributed by atoms with Crippen molar-refractivity contribution in [2.75, 3.05) is 0 Å². The SMILES string of the molecule is Oc1c(Br)cc(Cl)cc1C=Nc1ccccc1. The molecule has 2 aromatic rings. The molecule has 0 spiro atoms. The molecule has 2 nitrogen and oxygen atoms in total. The zero-order valence-electron chi connectivity index (χ0n) is 8.77. The molecule has 0 atom stereocenters. The highest BCUT2D eigenvalue weighted by Gasteiger charge is 2.05. The van der Waals surface area contributed by atoms with Crippen molar-refractivity contribution in [3.05, 3.63) is 57.5 Å². The first-order chi connectivity index (χ1) is 8.16. The van der Waals surface area contributed by atoms with Gasteiger partial charge in [0.2, 0.25) is 0 Å². The summed E-state index contributed by atoms with van der Waals surface area (Å²) in [5, 5.41) is 10.3. The summed E-state index contributed by atoms with van der Waals surface area (Å²) < 4.78 is 0.555. The van der Waals surface area contributed by atoms with Gasteiger partial charge in [-0.3, -0.25) is 4.99 Å². The van der Waals surface area contributed by atoms with E-state index in [4.69, 9.17) is 11.6 Å². The van der Waals surface area contributed by atoms with Crippen LogP contribution in [0.3, 0.4) is 0 Å². The number of para-hydroxylation sites is 1. The lowest BCUT2D eigenvalue weighted by Gasteiger charge is -2.02. The van der Waals surface area contributed by atoms with Crippen molar-refractivity contribution < 1.29 is 5.11 Å². The average molecular weight is 311 g/mol. The van der Waals surface area contributed by atoms with E-state index in [9.17, 15) is 5.11 Å². The van der Waals surface area contributed by atoms with Crippen molar-refractivity contribution in [2.45, 2.75) is 0 Å². The summed E-state index contributed by atoms with van der Waals surface area (Å²) in [7, 11) is 0. The summed E-state index contributed by atoms with van der Waals surface area (Å²) in [5.41, 5.74) is 1.40. The number of aliphatic imine (C=N–C) groups is 1. The molecule has 0 fully saturated rings. The monoisotopic (exact) mass is 309 g/mol. The molecule has 17 heavy (non-hydrogen) atoms. The molecule has 2 aromatic carbocycles. The van der Waals surface area contributed by atoms with Crippen LogP contribution in [0.4, 0.5) is 5.69 Å². The van der Waals surface area contributed by atoms with Gasteiger partial charge < -0.3 is 5.11 Å². The lowest BCUT2D eigenvalue weighted by Crippen LogP contribution is -1.84. The Kier molecular flexibility index (Phi) is 3.82. The van der Waals surface area contributed by atoms with E-state index in [0.717, 1.165) is 5.69 Å². The summed E-state index contributed by atoms with van der Waals surface area (Å²) in [4.78, 5) is 4.26. The van der Waals surface area contributed by atoms with Crippen molar-refractivity contribution in [1.29, 1.82) is 0 Å². The van der Waals surface area contributed by atoms with Crippen molar-refractivity contribution in [3.63, 3.8) is 0 Å². The number of hydrogen-bond acceptors (Lipinski definition) is 2. The quantitative estimate of drug-likeness (QED) is 0.810. The molecule has 0 aliphatic rings. The Morgan fingerprint density at radius 1 is 1.18 bits per heavy atom. The van der Waals surface area contributed by atoms with Crippen LogP contribution in [0.15, 0.2) is 51.9 Å². The summed E-state index contributed by atoms with van der Waals surface area (Å²) >= 11 is 9.13. The second kappa shape index (κ2) is 5.34. The zero-order chi connectivity index (χ0) is 12.3. The summed E-state index contributed by atoms with van der Waals surface area (Å²) in [6.07, 6.45) is 1.58. The zero-order valence-corrected chi connectivity index (χ0v) is 11.1. The number of halogens is 2. The van der Waals surface area contributed by atoms with Crippen LogP contribution in [-0.4, -0.2) is 11.3 Å². The molecule has 0 amide bonds. The van der Waals surface area contributed by atoms with Crippen molar-refractivity contribution >= 4 is 39.4 Å². The first-order valence-electron chi connectivity index (χ1n) is 4.94. The normalized spacial score (nSPS) is 10.9. The van der Waals surface area contributed by atoms with E-state index >= 15 is 0 Å². The van der Waals surface area contributed by atoms with Crippen LogP contribution in [-0.2, 0) is 0 Å². The largest absolute Gasteiger partial charge is 0.506 e. The molecule has 0 unspecified atom stereocenters. The third-order valence-corrected chi connectivity index (χ3v) is 2.99. The molecule has 0 saturated heterocycles. The maximum Gasteiger partial charge on any atom is 0.138 e. The number of nitrogens with zero attached hydrogens (tertiary/aromatic N) is 1. The number of phenols is 1. The fraction of sp³-hybridized carbons (Fsp3) is 0. The lowest BCUT2D eigenvalue weighted by molar-refractivity contribution is 0.471. The minimum absolute atomic E-state index is 0.133. The Morgan fingerprint density at radius 3 is 2.59 bits per heavy atom. The predicted molar refractivity (Wildman–Crippen MR) is 74.5 cm³/mol. The third-order valence-electron chi connectivity index (χ3n) is 2.17. The number of benzene rings is 2. The standard InChI is InChI=1S/C13H9BrClNO/c14-12-7-10(15)6-9(13(12)17)8-16-11-4-2-1-3-5-11/h1-8,17H. The highest BCUT2D eigenvalue weighted by molar-refractivity contribution is 9.10. The van der Waals surface area contributed by atoms with E-state index < -0.39 is 0 Å². The minimum atomic E-state index is 0.133. The lowest BCUT2D eigenvalue weighted by atomic mass is 10.2. The van der Waals surface area contributed by atoms with Crippen LogP contribution >= 0.6 is 27.5 Å². The van der Waals surface area contributed by atoms with E-state index in [1.165, 1.54) is 0 Å². The van der Waals surface area contributed by atoms with Gasteiger partial charge in [0.25, 0.3) is 0 Å². The number of rotatable bonds is 2. The van der Waals surface area contributed by atoms with Gasteiger partial charge in [0, 0.05) is 16.8 Å². The Hall–Kier alpha value is -1.32. The van der Waals surface area contributed by atoms with Crippen LogP contribution in [0, 0.1) is 0 Å². The molecule has 1 N–H and O–H groups in total. The Bertz CT molecular complexity index is 555. The second-order valence-corrected chi connectivity index (χ2v) is 4.71. The fourth-order valence-electron chi connectivity index (χ4n) is 1.34. The summed E-state index contributed by atoms with van der Waals surface area (Å²) in [5.74, 6) is 0.133. The summed E-state index contributed by atoms with van der Waals surface area (Å²) in [6, 6.07) is 12.8. The van der Waals surface area contributed by atoms with Crippen molar-refractivity contribution in [2.24, 2.45) is 4.99 Å². The molecular formula is C13H9BrClNO. The number of hydrogen-bond donors (Lipinski definition) is 1. The first-order valence-corrected chi connectivity index (χ1v) is 6.11. The van der Waals surface area contributed by atoms with E-state index in [1.54, 1.807) is 18.3 Å². The van der Waals surface area contributed by atoms with Gasteiger partial charge in [-0.15, -0.1) is 0 Å². The van der Waals surface area contributed by atoms with Crippen LogP contribution < -0.4 is 0 Å². The average Bonchev–Trinajstić information content (AvgIpc) is 2.33. The fourth-order valence-corrected chi connectivity index (χ4v) is 2.18. The van der Waals surface area contributed by atoms with Gasteiger partial charge in [-0.05, 0) is 40.2 Å². The molecule has 0 saturated carbocycles. The predicted octanol–water partition coefficient (Wildman–Crippen LogP) is 4.56. The molecule has 0 heterocycles. The Labute approximate surface area is 113 Å². The molecule has 0 bridgehead atoms. The molecule has 0 radical (unpaired) electrons. The van der Waals surface area contributed by atoms with Crippen LogP contribution in [0.5, 0.6) is 5.75 Å².